The number of hydrogen-bond acceptors (Lipinski definition) is 4. The maximum Gasteiger partial charge on any atom is 0.404 e. The van der Waals surface area contributed by atoms with Crippen LogP contribution in [0.5, 0.6) is 0 Å². The lowest BCUT2D eigenvalue weighted by molar-refractivity contribution is -0.179. The van der Waals surface area contributed by atoms with Crippen molar-refractivity contribution in [2.45, 2.75) is 93.2 Å². The zero-order valence-electron chi connectivity index (χ0n) is 21.8. The number of alkyl halides is 5. The van der Waals surface area contributed by atoms with Crippen molar-refractivity contribution in [1.82, 2.24) is 15.5 Å². The summed E-state index contributed by atoms with van der Waals surface area (Å²) in [6.07, 6.45) is 3.66. The van der Waals surface area contributed by atoms with E-state index in [1.54, 1.807) is 0 Å². The summed E-state index contributed by atoms with van der Waals surface area (Å²) in [7, 11) is 0. The van der Waals surface area contributed by atoms with Gasteiger partial charge in [-0.1, -0.05) is 11.8 Å². The van der Waals surface area contributed by atoms with Gasteiger partial charge >= 0.3 is 6.18 Å². The van der Waals surface area contributed by atoms with Gasteiger partial charge in [-0.15, -0.1) is 23.2 Å². The van der Waals surface area contributed by atoms with Crippen LogP contribution in [0.1, 0.15) is 64.2 Å². The fraction of sp³-hybridized carbons (Fsp3) is 0.926. The first kappa shape index (κ1) is 29.1. The molecule has 216 valence electrons. The van der Waals surface area contributed by atoms with Crippen LogP contribution in [-0.2, 0) is 4.79 Å². The normalized spacial score (nSPS) is 39.7. The molecule has 2 aliphatic heterocycles. The number of halogens is 5. The smallest absolute Gasteiger partial charge is 0.353 e. The van der Waals surface area contributed by atoms with Crippen molar-refractivity contribution in [3.63, 3.8) is 0 Å². The van der Waals surface area contributed by atoms with Gasteiger partial charge < -0.3 is 15.5 Å². The number of thioether (sulfide) groups is 1. The van der Waals surface area contributed by atoms with Crippen molar-refractivity contribution in [1.29, 1.82) is 5.41 Å². The quantitative estimate of drug-likeness (QED) is 0.323. The average Bonchev–Trinajstić information content (AvgIpc) is 3.65. The number of piperidine rings is 1. The highest BCUT2D eigenvalue weighted by molar-refractivity contribution is 8.14. The highest BCUT2D eigenvalue weighted by Crippen LogP contribution is 2.46. The minimum absolute atomic E-state index is 0.00826. The van der Waals surface area contributed by atoms with E-state index in [0.717, 1.165) is 50.8 Å². The number of amides is 1. The minimum atomic E-state index is -4.29. The van der Waals surface area contributed by atoms with Gasteiger partial charge in [-0.05, 0) is 100 Å². The van der Waals surface area contributed by atoms with E-state index in [1.807, 2.05) is 4.90 Å². The van der Waals surface area contributed by atoms with Gasteiger partial charge in [0.15, 0.2) is 5.17 Å². The number of hydrogen-bond donors (Lipinski definition) is 3. The first-order valence-electron chi connectivity index (χ1n) is 14.4. The lowest BCUT2D eigenvalue weighted by atomic mass is 9.66. The SMILES string of the molecule is N=C1SCCN1CC1CC(C(=O)N[C@@H](C2CC2)C2CCC(Cl)C(Cl)C2)CC(C2CCCNC2C(F)(F)F)C1. The van der Waals surface area contributed by atoms with Gasteiger partial charge in [0.05, 0.1) is 5.38 Å². The third-order valence-corrected chi connectivity index (χ3v) is 11.8. The van der Waals surface area contributed by atoms with Crippen LogP contribution in [0.25, 0.3) is 0 Å². The summed E-state index contributed by atoms with van der Waals surface area (Å²) in [6.45, 7) is 1.84. The Labute approximate surface area is 238 Å². The van der Waals surface area contributed by atoms with Gasteiger partial charge in [-0.2, -0.15) is 13.2 Å². The molecule has 0 spiro atoms. The van der Waals surface area contributed by atoms with Crippen LogP contribution < -0.4 is 10.6 Å². The number of nitrogens with one attached hydrogen (secondary N) is 3. The van der Waals surface area contributed by atoms with Gasteiger partial charge in [0.2, 0.25) is 5.91 Å². The molecule has 1 amide bonds. The molecule has 3 aliphatic carbocycles. The lowest BCUT2D eigenvalue weighted by Crippen LogP contribution is -2.55. The second kappa shape index (κ2) is 12.2. The maximum absolute atomic E-state index is 14.0. The maximum atomic E-state index is 14.0. The second-order valence-electron chi connectivity index (χ2n) is 12.4. The molecule has 8 unspecified atom stereocenters. The van der Waals surface area contributed by atoms with Gasteiger partial charge in [0.25, 0.3) is 0 Å². The van der Waals surface area contributed by atoms with Crippen LogP contribution >= 0.6 is 35.0 Å². The molecule has 0 bridgehead atoms. The van der Waals surface area contributed by atoms with Gasteiger partial charge in [0, 0.05) is 36.2 Å². The van der Waals surface area contributed by atoms with E-state index in [9.17, 15) is 18.0 Å². The van der Waals surface area contributed by atoms with E-state index in [4.69, 9.17) is 28.6 Å². The van der Waals surface area contributed by atoms with E-state index in [0.29, 0.717) is 55.8 Å². The fourth-order valence-electron chi connectivity index (χ4n) is 7.70. The Morgan fingerprint density at radius 3 is 2.50 bits per heavy atom. The molecule has 38 heavy (non-hydrogen) atoms. The third kappa shape index (κ3) is 6.91. The molecule has 9 atom stereocenters. The Balaban J connectivity index is 1.31. The third-order valence-electron chi connectivity index (χ3n) is 9.72. The molecule has 2 saturated heterocycles. The van der Waals surface area contributed by atoms with Crippen LogP contribution in [0, 0.1) is 40.9 Å². The van der Waals surface area contributed by atoms with Crippen molar-refractivity contribution in [3.8, 4) is 0 Å². The topological polar surface area (TPSA) is 68.2 Å². The Hall–Kier alpha value is -0.380. The average molecular weight is 598 g/mol. The zero-order valence-corrected chi connectivity index (χ0v) is 24.2. The highest BCUT2D eigenvalue weighted by atomic mass is 35.5. The summed E-state index contributed by atoms with van der Waals surface area (Å²) in [5, 5.41) is 14.8. The molecule has 5 aliphatic rings. The molecule has 0 aromatic carbocycles. The van der Waals surface area contributed by atoms with E-state index >= 15 is 0 Å². The number of amidine groups is 1. The summed E-state index contributed by atoms with van der Waals surface area (Å²) >= 11 is 14.4. The number of carbonyl (C=O) groups is 1. The predicted octanol–water partition coefficient (Wildman–Crippen LogP) is 5.84. The predicted molar refractivity (Wildman–Crippen MR) is 148 cm³/mol. The molecule has 11 heteroatoms. The van der Waals surface area contributed by atoms with E-state index in [-0.39, 0.29) is 40.5 Å². The standard InChI is InChI=1S/C27H41Cl2F3N4OS/c28-21-6-5-17(13-22(21)29)23(16-3-4-16)35-25(37)19-11-15(14-36-8-9-38-26(36)33)10-18(12-19)20-2-1-7-34-24(20)27(30,31)32/h15-24,33-34H,1-14H2,(H,35,37)/t15?,17?,18?,19?,20?,21?,22?,23-,24?/m0/s1. The molecular formula is C27H41Cl2F3N4OS. The van der Waals surface area contributed by atoms with E-state index in [2.05, 4.69) is 10.6 Å². The summed E-state index contributed by atoms with van der Waals surface area (Å²) < 4.78 is 42.0. The number of carbonyl (C=O) groups excluding carboxylic acids is 1. The number of rotatable bonds is 7. The Bertz CT molecular complexity index is 863. The lowest BCUT2D eigenvalue weighted by Gasteiger charge is -2.45. The van der Waals surface area contributed by atoms with Crippen LogP contribution in [0.15, 0.2) is 0 Å². The molecule has 3 saturated carbocycles. The summed E-state index contributed by atoms with van der Waals surface area (Å²) in [6, 6.07) is -1.43. The fourth-order valence-corrected chi connectivity index (χ4v) is 9.14. The Morgan fingerprint density at radius 1 is 1.08 bits per heavy atom. The van der Waals surface area contributed by atoms with Gasteiger partial charge in [-0.3, -0.25) is 10.2 Å². The first-order valence-corrected chi connectivity index (χ1v) is 16.3. The number of nitrogens with zero attached hydrogens (tertiary/aromatic N) is 1. The molecule has 0 radical (unpaired) electrons. The van der Waals surface area contributed by atoms with Crippen molar-refractivity contribution < 1.29 is 18.0 Å². The molecule has 5 rings (SSSR count). The monoisotopic (exact) mass is 596 g/mol. The molecule has 2 heterocycles. The van der Waals surface area contributed by atoms with E-state index in [1.165, 1.54) is 11.8 Å². The van der Waals surface area contributed by atoms with Crippen molar-refractivity contribution in [2.75, 3.05) is 25.4 Å². The van der Waals surface area contributed by atoms with Crippen LogP contribution in [0.4, 0.5) is 13.2 Å². The summed E-state index contributed by atoms with van der Waals surface area (Å²) in [5.74, 6) is 0.795. The van der Waals surface area contributed by atoms with Crippen molar-refractivity contribution >= 4 is 46.0 Å². The zero-order chi connectivity index (χ0) is 27.0. The minimum Gasteiger partial charge on any atom is -0.353 e. The van der Waals surface area contributed by atoms with Gasteiger partial charge in [-0.25, -0.2) is 0 Å². The summed E-state index contributed by atoms with van der Waals surface area (Å²) in [4.78, 5) is 15.9. The Kier molecular flexibility index (Phi) is 9.38. The van der Waals surface area contributed by atoms with Crippen LogP contribution in [0.3, 0.4) is 0 Å². The Morgan fingerprint density at radius 2 is 1.84 bits per heavy atom. The molecule has 5 fully saturated rings. The van der Waals surface area contributed by atoms with Crippen molar-refractivity contribution in [2.24, 2.45) is 35.5 Å². The van der Waals surface area contributed by atoms with Crippen molar-refractivity contribution in [3.05, 3.63) is 0 Å². The largest absolute Gasteiger partial charge is 0.404 e. The molecule has 0 aromatic heterocycles. The highest BCUT2D eigenvalue weighted by Gasteiger charge is 2.50. The van der Waals surface area contributed by atoms with E-state index < -0.39 is 18.1 Å². The molecule has 3 N–H and O–H groups in total. The molecule has 5 nitrogen and oxygen atoms in total. The van der Waals surface area contributed by atoms with Crippen LogP contribution in [0.2, 0.25) is 0 Å². The van der Waals surface area contributed by atoms with Gasteiger partial charge in [0.1, 0.15) is 6.04 Å². The molecule has 0 aromatic rings. The van der Waals surface area contributed by atoms with Crippen LogP contribution in [-0.4, -0.2) is 70.4 Å². The summed E-state index contributed by atoms with van der Waals surface area (Å²) in [5.41, 5.74) is 0. The first-order chi connectivity index (χ1) is 18.1. The molecular weight excluding hydrogens is 556 g/mol. The second-order valence-corrected chi connectivity index (χ2v) is 14.6.